The van der Waals surface area contributed by atoms with Gasteiger partial charge in [0.15, 0.2) is 5.82 Å². The number of rotatable bonds is 4. The summed E-state index contributed by atoms with van der Waals surface area (Å²) in [7, 11) is 0. The molecular formula is C9H16N4O. The number of hydrogen-bond acceptors (Lipinski definition) is 5. The molecule has 1 atom stereocenters. The molecule has 78 valence electrons. The van der Waals surface area contributed by atoms with Crippen LogP contribution < -0.4 is 10.6 Å². The molecule has 1 aliphatic rings. The molecule has 0 saturated carbocycles. The van der Waals surface area contributed by atoms with Crippen molar-refractivity contribution in [3.63, 3.8) is 0 Å². The molecule has 1 saturated heterocycles. The monoisotopic (exact) mass is 196 g/mol. The molecular weight excluding hydrogens is 180 g/mol. The molecule has 0 bridgehead atoms. The topological polar surface area (TPSA) is 63.0 Å². The third kappa shape index (κ3) is 2.52. The van der Waals surface area contributed by atoms with E-state index >= 15 is 0 Å². The van der Waals surface area contributed by atoms with Gasteiger partial charge in [0.1, 0.15) is 0 Å². The van der Waals surface area contributed by atoms with E-state index in [1.807, 2.05) is 6.92 Å². The van der Waals surface area contributed by atoms with Crippen molar-refractivity contribution in [2.24, 2.45) is 0 Å². The molecule has 2 N–H and O–H groups in total. The third-order valence-corrected chi connectivity index (χ3v) is 2.40. The lowest BCUT2D eigenvalue weighted by Gasteiger charge is -2.08. The van der Waals surface area contributed by atoms with Gasteiger partial charge >= 0.3 is 0 Å². The van der Waals surface area contributed by atoms with Crippen LogP contribution in [0.1, 0.15) is 18.1 Å². The lowest BCUT2D eigenvalue weighted by Crippen LogP contribution is -2.32. The van der Waals surface area contributed by atoms with Crippen LogP contribution >= 0.6 is 0 Å². The normalized spacial score (nSPS) is 21.6. The summed E-state index contributed by atoms with van der Waals surface area (Å²) in [5.74, 6) is 1.43. The Balaban J connectivity index is 1.67. The van der Waals surface area contributed by atoms with E-state index in [4.69, 9.17) is 4.52 Å². The van der Waals surface area contributed by atoms with Gasteiger partial charge in [0.05, 0.1) is 0 Å². The summed E-state index contributed by atoms with van der Waals surface area (Å²) >= 11 is 0. The van der Waals surface area contributed by atoms with E-state index in [0.29, 0.717) is 11.9 Å². The number of aryl methyl sites for hydroxylation is 1. The molecule has 0 radical (unpaired) electrons. The molecule has 0 spiro atoms. The Kier molecular flexibility index (Phi) is 3.10. The highest BCUT2D eigenvalue weighted by molar-refractivity contribution is 4.84. The molecule has 2 rings (SSSR count). The van der Waals surface area contributed by atoms with E-state index in [-0.39, 0.29) is 0 Å². The highest BCUT2D eigenvalue weighted by Gasteiger charge is 2.13. The second-order valence-corrected chi connectivity index (χ2v) is 3.63. The first-order valence-corrected chi connectivity index (χ1v) is 5.08. The lowest BCUT2D eigenvalue weighted by atomic mass is 10.2. The fourth-order valence-electron chi connectivity index (χ4n) is 1.65. The van der Waals surface area contributed by atoms with Crippen LogP contribution in [-0.4, -0.2) is 35.8 Å². The van der Waals surface area contributed by atoms with Crippen LogP contribution in [0.25, 0.3) is 0 Å². The second kappa shape index (κ2) is 4.52. The van der Waals surface area contributed by atoms with Gasteiger partial charge in [0.25, 0.3) is 0 Å². The fraction of sp³-hybridized carbons (Fsp3) is 0.778. The van der Waals surface area contributed by atoms with Crippen molar-refractivity contribution in [2.75, 3.05) is 19.6 Å². The smallest absolute Gasteiger partial charge is 0.227 e. The van der Waals surface area contributed by atoms with Gasteiger partial charge in [-0.1, -0.05) is 5.16 Å². The molecule has 0 aromatic carbocycles. The van der Waals surface area contributed by atoms with Crippen LogP contribution in [-0.2, 0) is 6.42 Å². The maximum atomic E-state index is 5.01. The minimum Gasteiger partial charge on any atom is -0.339 e. The van der Waals surface area contributed by atoms with Gasteiger partial charge in [-0.2, -0.15) is 4.98 Å². The number of hydrogen-bond donors (Lipinski definition) is 2. The number of nitrogens with one attached hydrogen (secondary N) is 2. The largest absolute Gasteiger partial charge is 0.339 e. The molecule has 5 heteroatoms. The molecule has 1 fully saturated rings. The average molecular weight is 196 g/mol. The summed E-state index contributed by atoms with van der Waals surface area (Å²) in [5.41, 5.74) is 0. The van der Waals surface area contributed by atoms with Gasteiger partial charge in [-0.05, 0) is 19.9 Å². The minimum absolute atomic E-state index is 0.610. The average Bonchev–Trinajstić information content (AvgIpc) is 2.77. The SMILES string of the molecule is Cc1noc(CCNC2CCNC2)n1. The first-order valence-electron chi connectivity index (χ1n) is 5.08. The van der Waals surface area contributed by atoms with Crippen LogP contribution in [0.5, 0.6) is 0 Å². The molecule has 5 nitrogen and oxygen atoms in total. The van der Waals surface area contributed by atoms with Crippen molar-refractivity contribution in [2.45, 2.75) is 25.8 Å². The van der Waals surface area contributed by atoms with Crippen molar-refractivity contribution in [1.82, 2.24) is 20.8 Å². The Morgan fingerprint density at radius 2 is 2.57 bits per heavy atom. The van der Waals surface area contributed by atoms with Crippen LogP contribution in [0.15, 0.2) is 4.52 Å². The summed E-state index contributed by atoms with van der Waals surface area (Å²) in [6.45, 7) is 4.94. The van der Waals surface area contributed by atoms with E-state index in [1.165, 1.54) is 6.42 Å². The summed E-state index contributed by atoms with van der Waals surface area (Å²) in [6, 6.07) is 0.610. The highest BCUT2D eigenvalue weighted by Crippen LogP contribution is 1.99. The molecule has 0 amide bonds. The van der Waals surface area contributed by atoms with Gasteiger partial charge in [0.2, 0.25) is 5.89 Å². The van der Waals surface area contributed by atoms with Crippen LogP contribution in [0.2, 0.25) is 0 Å². The van der Waals surface area contributed by atoms with Gasteiger partial charge in [0, 0.05) is 25.6 Å². The zero-order valence-corrected chi connectivity index (χ0v) is 8.42. The summed E-state index contributed by atoms with van der Waals surface area (Å²) in [5, 5.41) is 10.5. The summed E-state index contributed by atoms with van der Waals surface area (Å²) in [4.78, 5) is 4.14. The van der Waals surface area contributed by atoms with Crippen molar-refractivity contribution in [3.05, 3.63) is 11.7 Å². The third-order valence-electron chi connectivity index (χ3n) is 2.40. The van der Waals surface area contributed by atoms with Crippen molar-refractivity contribution in [1.29, 1.82) is 0 Å². The number of aromatic nitrogens is 2. The Hall–Kier alpha value is -0.940. The molecule has 14 heavy (non-hydrogen) atoms. The lowest BCUT2D eigenvalue weighted by molar-refractivity contribution is 0.369. The molecule has 1 aliphatic heterocycles. The maximum Gasteiger partial charge on any atom is 0.227 e. The fourth-order valence-corrected chi connectivity index (χ4v) is 1.65. The quantitative estimate of drug-likeness (QED) is 0.702. The first-order chi connectivity index (χ1) is 6.84. The molecule has 0 aliphatic carbocycles. The Morgan fingerprint density at radius 1 is 1.64 bits per heavy atom. The summed E-state index contributed by atoms with van der Waals surface area (Å²) in [6.07, 6.45) is 2.03. The van der Waals surface area contributed by atoms with Gasteiger partial charge in [-0.15, -0.1) is 0 Å². The Labute approximate surface area is 83.3 Å². The van der Waals surface area contributed by atoms with Crippen LogP contribution in [0.3, 0.4) is 0 Å². The van der Waals surface area contributed by atoms with Crippen LogP contribution in [0.4, 0.5) is 0 Å². The number of nitrogens with zero attached hydrogens (tertiary/aromatic N) is 2. The molecule has 2 heterocycles. The van der Waals surface area contributed by atoms with E-state index < -0.39 is 0 Å². The first kappa shape index (κ1) is 9.61. The Morgan fingerprint density at radius 3 is 3.21 bits per heavy atom. The van der Waals surface area contributed by atoms with E-state index in [2.05, 4.69) is 20.8 Å². The molecule has 1 aromatic heterocycles. The van der Waals surface area contributed by atoms with Crippen molar-refractivity contribution >= 4 is 0 Å². The zero-order chi connectivity index (χ0) is 9.80. The van der Waals surface area contributed by atoms with Gasteiger partial charge < -0.3 is 15.2 Å². The minimum atomic E-state index is 0.610. The molecule has 1 unspecified atom stereocenters. The maximum absolute atomic E-state index is 5.01. The van der Waals surface area contributed by atoms with E-state index in [9.17, 15) is 0 Å². The van der Waals surface area contributed by atoms with E-state index in [0.717, 1.165) is 31.9 Å². The molecule has 1 aromatic rings. The van der Waals surface area contributed by atoms with Crippen molar-refractivity contribution < 1.29 is 4.52 Å². The standard InChI is InChI=1S/C9H16N4O/c1-7-12-9(14-13-7)3-5-11-8-2-4-10-6-8/h8,10-11H,2-6H2,1H3. The van der Waals surface area contributed by atoms with Gasteiger partial charge in [-0.3, -0.25) is 0 Å². The van der Waals surface area contributed by atoms with Crippen LogP contribution in [0, 0.1) is 6.92 Å². The zero-order valence-electron chi connectivity index (χ0n) is 8.42. The second-order valence-electron chi connectivity index (χ2n) is 3.63. The highest BCUT2D eigenvalue weighted by atomic mass is 16.5. The van der Waals surface area contributed by atoms with Gasteiger partial charge in [-0.25, -0.2) is 0 Å². The predicted octanol–water partition coefficient (Wildman–Crippen LogP) is -0.128. The summed E-state index contributed by atoms with van der Waals surface area (Å²) < 4.78 is 5.01. The Bertz CT molecular complexity index is 280. The van der Waals surface area contributed by atoms with E-state index in [1.54, 1.807) is 0 Å². The predicted molar refractivity (Wildman–Crippen MR) is 52.0 cm³/mol. The van der Waals surface area contributed by atoms with Crippen molar-refractivity contribution in [3.8, 4) is 0 Å².